The maximum absolute atomic E-state index is 12.2. The van der Waals surface area contributed by atoms with Gasteiger partial charge in [-0.25, -0.2) is 0 Å². The summed E-state index contributed by atoms with van der Waals surface area (Å²) in [5, 5.41) is 7.15. The maximum Gasteiger partial charge on any atom is 0.254 e. The number of furan rings is 1. The van der Waals surface area contributed by atoms with Gasteiger partial charge in [-0.15, -0.1) is 0 Å². The molecule has 0 aliphatic heterocycles. The molecule has 0 saturated heterocycles. The van der Waals surface area contributed by atoms with Gasteiger partial charge in [0.2, 0.25) is 0 Å². The second kappa shape index (κ2) is 6.24. The second-order valence-electron chi connectivity index (χ2n) is 5.07. The number of hydrogen-bond acceptors (Lipinski definition) is 4. The Labute approximate surface area is 123 Å². The Morgan fingerprint density at radius 2 is 2.20 bits per heavy atom. The minimum Gasteiger partial charge on any atom is -0.466 e. The Bertz CT molecular complexity index is 573. The molecule has 0 aliphatic carbocycles. The molecule has 20 heavy (non-hydrogen) atoms. The van der Waals surface area contributed by atoms with E-state index in [9.17, 15) is 4.79 Å². The number of nitrogens with one attached hydrogen (secondary N) is 1. The monoisotopic (exact) mass is 292 g/mol. The molecule has 2 heterocycles. The SMILES string of the molecule is Cc1cc(C(=O)NCC(c2ccsc2)N(C)C)c(C)o1. The van der Waals surface area contributed by atoms with E-state index in [-0.39, 0.29) is 11.9 Å². The summed E-state index contributed by atoms with van der Waals surface area (Å²) in [6, 6.07) is 4.05. The minimum atomic E-state index is -0.0820. The summed E-state index contributed by atoms with van der Waals surface area (Å²) in [4.78, 5) is 14.3. The smallest absolute Gasteiger partial charge is 0.254 e. The minimum absolute atomic E-state index is 0.0820. The molecule has 1 atom stereocenters. The predicted molar refractivity (Wildman–Crippen MR) is 81.3 cm³/mol. The lowest BCUT2D eigenvalue weighted by Crippen LogP contribution is -2.34. The van der Waals surface area contributed by atoms with Gasteiger partial charge in [0, 0.05) is 6.54 Å². The third kappa shape index (κ3) is 3.29. The summed E-state index contributed by atoms with van der Waals surface area (Å²) < 4.78 is 5.39. The molecule has 0 spiro atoms. The summed E-state index contributed by atoms with van der Waals surface area (Å²) in [5.41, 5.74) is 1.84. The van der Waals surface area contributed by atoms with Crippen LogP contribution in [0.25, 0.3) is 0 Å². The van der Waals surface area contributed by atoms with E-state index in [0.29, 0.717) is 17.9 Å². The normalized spacial score (nSPS) is 12.7. The van der Waals surface area contributed by atoms with Gasteiger partial charge in [0.15, 0.2) is 0 Å². The summed E-state index contributed by atoms with van der Waals surface area (Å²) in [7, 11) is 4.03. The second-order valence-corrected chi connectivity index (χ2v) is 5.85. The number of carbonyl (C=O) groups excluding carboxylic acids is 1. The number of carbonyl (C=O) groups is 1. The molecule has 1 N–H and O–H groups in total. The van der Waals surface area contributed by atoms with Gasteiger partial charge in [0.25, 0.3) is 5.91 Å². The number of nitrogens with zero attached hydrogens (tertiary/aromatic N) is 1. The van der Waals surface area contributed by atoms with Crippen LogP contribution >= 0.6 is 11.3 Å². The third-order valence-electron chi connectivity index (χ3n) is 3.29. The zero-order valence-electron chi connectivity index (χ0n) is 12.3. The Morgan fingerprint density at radius 1 is 1.45 bits per heavy atom. The molecule has 2 aromatic rings. The van der Waals surface area contributed by atoms with Crippen molar-refractivity contribution in [3.05, 3.63) is 45.5 Å². The molecule has 2 rings (SSSR count). The molecule has 1 amide bonds. The molecule has 1 unspecified atom stereocenters. The van der Waals surface area contributed by atoms with Crippen molar-refractivity contribution < 1.29 is 9.21 Å². The van der Waals surface area contributed by atoms with Crippen molar-refractivity contribution >= 4 is 17.2 Å². The van der Waals surface area contributed by atoms with Crippen LogP contribution in [0.5, 0.6) is 0 Å². The van der Waals surface area contributed by atoms with Gasteiger partial charge in [0.05, 0.1) is 11.6 Å². The molecule has 0 bridgehead atoms. The van der Waals surface area contributed by atoms with Crippen molar-refractivity contribution in [2.24, 2.45) is 0 Å². The number of likely N-dealkylation sites (N-methyl/N-ethyl adjacent to an activating group) is 1. The highest BCUT2D eigenvalue weighted by molar-refractivity contribution is 7.07. The fraction of sp³-hybridized carbons (Fsp3) is 0.400. The fourth-order valence-corrected chi connectivity index (χ4v) is 2.91. The first-order valence-electron chi connectivity index (χ1n) is 6.52. The largest absolute Gasteiger partial charge is 0.466 e. The molecule has 0 aliphatic rings. The Hall–Kier alpha value is -1.59. The highest BCUT2D eigenvalue weighted by Crippen LogP contribution is 2.20. The van der Waals surface area contributed by atoms with Gasteiger partial charge in [-0.05, 0) is 56.4 Å². The average molecular weight is 292 g/mol. The molecule has 0 radical (unpaired) electrons. The van der Waals surface area contributed by atoms with E-state index in [1.54, 1.807) is 17.4 Å². The predicted octanol–water partition coefficient (Wildman–Crippen LogP) is 2.99. The quantitative estimate of drug-likeness (QED) is 0.921. The molecule has 0 fully saturated rings. The number of aryl methyl sites for hydroxylation is 2. The highest BCUT2D eigenvalue weighted by Gasteiger charge is 2.18. The third-order valence-corrected chi connectivity index (χ3v) is 3.99. The fourth-order valence-electron chi connectivity index (χ4n) is 2.20. The van der Waals surface area contributed by atoms with Crippen molar-refractivity contribution in [2.75, 3.05) is 20.6 Å². The van der Waals surface area contributed by atoms with Crippen LogP contribution in [0.3, 0.4) is 0 Å². The molecular weight excluding hydrogens is 272 g/mol. The zero-order valence-corrected chi connectivity index (χ0v) is 13.1. The Morgan fingerprint density at radius 3 is 2.70 bits per heavy atom. The summed E-state index contributed by atoms with van der Waals surface area (Å²) in [6.07, 6.45) is 0. The van der Waals surface area contributed by atoms with E-state index in [1.807, 2.05) is 27.9 Å². The lowest BCUT2D eigenvalue weighted by molar-refractivity contribution is 0.0940. The van der Waals surface area contributed by atoms with Gasteiger partial charge < -0.3 is 14.6 Å². The van der Waals surface area contributed by atoms with Crippen molar-refractivity contribution in [3.63, 3.8) is 0 Å². The lowest BCUT2D eigenvalue weighted by Gasteiger charge is -2.23. The standard InChI is InChI=1S/C15H20N2O2S/c1-10-7-13(11(2)19-10)15(18)16-8-14(17(3)4)12-5-6-20-9-12/h5-7,9,14H,8H2,1-4H3,(H,16,18). The molecule has 0 saturated carbocycles. The van der Waals surface area contributed by atoms with Crippen LogP contribution in [0.1, 0.15) is 33.5 Å². The molecule has 2 aromatic heterocycles. The summed E-state index contributed by atoms with van der Waals surface area (Å²) in [5.74, 6) is 1.34. The summed E-state index contributed by atoms with van der Waals surface area (Å²) in [6.45, 7) is 4.23. The van der Waals surface area contributed by atoms with Crippen LogP contribution in [-0.2, 0) is 0 Å². The van der Waals surface area contributed by atoms with Crippen LogP contribution in [-0.4, -0.2) is 31.4 Å². The maximum atomic E-state index is 12.2. The van der Waals surface area contributed by atoms with Gasteiger partial charge in [-0.1, -0.05) is 0 Å². The molecular formula is C15H20N2O2S. The van der Waals surface area contributed by atoms with Crippen LogP contribution in [0.2, 0.25) is 0 Å². The average Bonchev–Trinajstić information content (AvgIpc) is 2.99. The van der Waals surface area contributed by atoms with Crippen LogP contribution in [0.15, 0.2) is 27.3 Å². The van der Waals surface area contributed by atoms with E-state index in [1.165, 1.54) is 5.56 Å². The number of hydrogen-bond donors (Lipinski definition) is 1. The van der Waals surface area contributed by atoms with E-state index < -0.39 is 0 Å². The van der Waals surface area contributed by atoms with Crippen molar-refractivity contribution in [3.8, 4) is 0 Å². The highest BCUT2D eigenvalue weighted by atomic mass is 32.1. The van der Waals surface area contributed by atoms with E-state index in [0.717, 1.165) is 5.76 Å². The van der Waals surface area contributed by atoms with Crippen LogP contribution in [0.4, 0.5) is 0 Å². The first-order chi connectivity index (χ1) is 9.49. The Balaban J connectivity index is 2.03. The van der Waals surface area contributed by atoms with Gasteiger partial charge in [0.1, 0.15) is 11.5 Å². The number of rotatable bonds is 5. The zero-order chi connectivity index (χ0) is 14.7. The summed E-state index contributed by atoms with van der Waals surface area (Å²) >= 11 is 1.67. The van der Waals surface area contributed by atoms with Crippen LogP contribution < -0.4 is 5.32 Å². The lowest BCUT2D eigenvalue weighted by atomic mass is 10.1. The van der Waals surface area contributed by atoms with E-state index in [4.69, 9.17) is 4.42 Å². The van der Waals surface area contributed by atoms with Crippen molar-refractivity contribution in [1.82, 2.24) is 10.2 Å². The van der Waals surface area contributed by atoms with Gasteiger partial charge in [-0.3, -0.25) is 4.79 Å². The van der Waals surface area contributed by atoms with Gasteiger partial charge >= 0.3 is 0 Å². The van der Waals surface area contributed by atoms with E-state index >= 15 is 0 Å². The molecule has 108 valence electrons. The first-order valence-corrected chi connectivity index (χ1v) is 7.47. The van der Waals surface area contributed by atoms with Crippen molar-refractivity contribution in [1.29, 1.82) is 0 Å². The molecule has 5 heteroatoms. The topological polar surface area (TPSA) is 45.5 Å². The van der Waals surface area contributed by atoms with Crippen molar-refractivity contribution in [2.45, 2.75) is 19.9 Å². The number of amides is 1. The van der Waals surface area contributed by atoms with Crippen LogP contribution in [0, 0.1) is 13.8 Å². The van der Waals surface area contributed by atoms with Gasteiger partial charge in [-0.2, -0.15) is 11.3 Å². The Kier molecular flexibility index (Phi) is 4.62. The molecule has 0 aromatic carbocycles. The van der Waals surface area contributed by atoms with E-state index in [2.05, 4.69) is 27.0 Å². The number of thiophene rings is 1. The molecule has 4 nitrogen and oxygen atoms in total. The first kappa shape index (κ1) is 14.8.